The van der Waals surface area contributed by atoms with Gasteiger partial charge in [-0.2, -0.15) is 0 Å². The van der Waals surface area contributed by atoms with Crippen LogP contribution in [0.25, 0.3) is 0 Å². The first-order valence-electron chi connectivity index (χ1n) is 9.73. The summed E-state index contributed by atoms with van der Waals surface area (Å²) in [5.74, 6) is -0.863. The van der Waals surface area contributed by atoms with E-state index in [1.165, 1.54) is 7.11 Å². The molecule has 2 aromatic rings. The lowest BCUT2D eigenvalue weighted by Crippen LogP contribution is -2.15. The Kier molecular flexibility index (Phi) is 8.29. The van der Waals surface area contributed by atoms with Crippen molar-refractivity contribution in [2.75, 3.05) is 20.3 Å². The Labute approximate surface area is 175 Å². The molecule has 2 rings (SSSR count). The molecule has 0 aliphatic carbocycles. The fourth-order valence-corrected chi connectivity index (χ4v) is 2.89. The Hall–Kier alpha value is -3.00. The summed E-state index contributed by atoms with van der Waals surface area (Å²) in [4.78, 5) is 24.3. The van der Waals surface area contributed by atoms with Crippen LogP contribution in [0.15, 0.2) is 33.5 Å². The van der Waals surface area contributed by atoms with Crippen molar-refractivity contribution in [3.05, 3.63) is 51.6 Å². The number of rotatable bonds is 10. The second kappa shape index (κ2) is 10.7. The van der Waals surface area contributed by atoms with Gasteiger partial charge < -0.3 is 28.8 Å². The highest BCUT2D eigenvalue weighted by atomic mass is 16.5. The first-order valence-corrected chi connectivity index (χ1v) is 9.73. The zero-order valence-electron chi connectivity index (χ0n) is 17.6. The zero-order chi connectivity index (χ0) is 22.3. The Morgan fingerprint density at radius 3 is 2.53 bits per heavy atom. The van der Waals surface area contributed by atoms with Gasteiger partial charge in [0.25, 0.3) is 0 Å². The predicted octanol–water partition coefficient (Wildman–Crippen LogP) is 2.97. The second-order valence-electron chi connectivity index (χ2n) is 7.12. The van der Waals surface area contributed by atoms with E-state index in [1.54, 1.807) is 25.1 Å². The summed E-state index contributed by atoms with van der Waals surface area (Å²) in [6.07, 6.45) is -0.186. The molecule has 1 aromatic heterocycles. The maximum Gasteiger partial charge on any atom is 0.306 e. The first kappa shape index (κ1) is 23.3. The Balaban J connectivity index is 2.54. The van der Waals surface area contributed by atoms with Crippen LogP contribution in [0.2, 0.25) is 0 Å². The fraction of sp³-hybridized carbons (Fsp3) is 0.455. The van der Waals surface area contributed by atoms with Gasteiger partial charge in [-0.1, -0.05) is 19.9 Å². The van der Waals surface area contributed by atoms with Crippen LogP contribution in [0.3, 0.4) is 0 Å². The summed E-state index contributed by atoms with van der Waals surface area (Å²) in [6, 6.07) is 6.06. The van der Waals surface area contributed by atoms with E-state index in [0.717, 1.165) is 6.07 Å². The van der Waals surface area contributed by atoms with E-state index in [1.807, 2.05) is 13.8 Å². The standard InChI is InChI=1S/C22H28O8/c1-5-28-20(25)10-16(22-21(26)17(24)9-15(11-23)30-22)14-6-7-18(19(8-14)27-4)29-12-13(2)3/h6-9,13,16,23,26H,5,10-12H2,1-4H3. The number of ether oxygens (including phenoxy) is 3. The van der Waals surface area contributed by atoms with Crippen LogP contribution in [-0.4, -0.2) is 36.5 Å². The van der Waals surface area contributed by atoms with Gasteiger partial charge in [0.2, 0.25) is 11.2 Å². The molecule has 0 spiro atoms. The molecule has 1 atom stereocenters. The highest BCUT2D eigenvalue weighted by Crippen LogP contribution is 2.38. The molecule has 1 unspecified atom stereocenters. The summed E-state index contributed by atoms with van der Waals surface area (Å²) < 4.78 is 21.8. The van der Waals surface area contributed by atoms with E-state index in [-0.39, 0.29) is 24.5 Å². The van der Waals surface area contributed by atoms with Crippen molar-refractivity contribution in [2.45, 2.75) is 39.7 Å². The van der Waals surface area contributed by atoms with Gasteiger partial charge in [0.05, 0.1) is 32.7 Å². The fourth-order valence-electron chi connectivity index (χ4n) is 2.89. The summed E-state index contributed by atoms with van der Waals surface area (Å²) in [7, 11) is 1.49. The van der Waals surface area contributed by atoms with Crippen molar-refractivity contribution >= 4 is 5.97 Å². The monoisotopic (exact) mass is 420 g/mol. The summed E-state index contributed by atoms with van der Waals surface area (Å²) >= 11 is 0. The lowest BCUT2D eigenvalue weighted by molar-refractivity contribution is -0.143. The molecule has 0 bridgehead atoms. The van der Waals surface area contributed by atoms with E-state index >= 15 is 0 Å². The molecule has 8 nitrogen and oxygen atoms in total. The van der Waals surface area contributed by atoms with Gasteiger partial charge in [0.1, 0.15) is 12.4 Å². The van der Waals surface area contributed by atoms with Crippen LogP contribution < -0.4 is 14.9 Å². The van der Waals surface area contributed by atoms with Gasteiger partial charge in [-0.15, -0.1) is 0 Å². The van der Waals surface area contributed by atoms with Crippen LogP contribution >= 0.6 is 0 Å². The van der Waals surface area contributed by atoms with Crippen molar-refractivity contribution in [3.8, 4) is 17.2 Å². The molecule has 0 saturated heterocycles. The summed E-state index contributed by atoms with van der Waals surface area (Å²) in [5.41, 5.74) is -0.164. The Morgan fingerprint density at radius 1 is 1.20 bits per heavy atom. The van der Waals surface area contributed by atoms with Crippen molar-refractivity contribution < 1.29 is 33.6 Å². The average Bonchev–Trinajstić information content (AvgIpc) is 2.72. The van der Waals surface area contributed by atoms with Crippen molar-refractivity contribution in [3.63, 3.8) is 0 Å². The van der Waals surface area contributed by atoms with E-state index in [9.17, 15) is 19.8 Å². The molecule has 2 N–H and O–H groups in total. The van der Waals surface area contributed by atoms with Crippen LogP contribution in [0.1, 0.15) is 50.2 Å². The maximum atomic E-state index is 12.2. The van der Waals surface area contributed by atoms with Crippen LogP contribution in [0.4, 0.5) is 0 Å². The van der Waals surface area contributed by atoms with Gasteiger partial charge in [0, 0.05) is 6.07 Å². The number of aliphatic hydroxyl groups is 1. The highest BCUT2D eigenvalue weighted by Gasteiger charge is 2.27. The predicted molar refractivity (Wildman–Crippen MR) is 109 cm³/mol. The molecule has 0 aliphatic rings. The van der Waals surface area contributed by atoms with Crippen LogP contribution in [-0.2, 0) is 16.1 Å². The van der Waals surface area contributed by atoms with Crippen LogP contribution in [0, 0.1) is 5.92 Å². The smallest absolute Gasteiger partial charge is 0.306 e. The number of aliphatic hydroxyl groups excluding tert-OH is 1. The third kappa shape index (κ3) is 5.76. The normalized spacial score (nSPS) is 11.9. The topological polar surface area (TPSA) is 115 Å². The van der Waals surface area contributed by atoms with E-state index in [4.69, 9.17) is 18.6 Å². The van der Waals surface area contributed by atoms with Gasteiger partial charge >= 0.3 is 5.97 Å². The van der Waals surface area contributed by atoms with E-state index in [2.05, 4.69) is 0 Å². The molecule has 164 valence electrons. The Morgan fingerprint density at radius 2 is 1.93 bits per heavy atom. The number of hydrogen-bond donors (Lipinski definition) is 2. The third-order valence-electron chi connectivity index (χ3n) is 4.31. The summed E-state index contributed by atoms with van der Waals surface area (Å²) in [5, 5.41) is 19.7. The minimum atomic E-state index is -0.837. The van der Waals surface area contributed by atoms with Crippen molar-refractivity contribution in [1.29, 1.82) is 0 Å². The molecular weight excluding hydrogens is 392 g/mol. The van der Waals surface area contributed by atoms with E-state index in [0.29, 0.717) is 29.6 Å². The first-order chi connectivity index (χ1) is 14.3. The molecule has 0 fully saturated rings. The summed E-state index contributed by atoms with van der Waals surface area (Å²) in [6.45, 7) is 5.88. The number of carbonyl (C=O) groups is 1. The SMILES string of the molecule is CCOC(=O)CC(c1ccc(OCC(C)C)c(OC)c1)c1oc(CO)cc(=O)c1O. The number of aromatic hydroxyl groups is 1. The minimum absolute atomic E-state index is 0.0227. The Bertz CT molecular complexity index is 916. The molecule has 1 heterocycles. The van der Waals surface area contributed by atoms with Gasteiger partial charge in [0.15, 0.2) is 17.3 Å². The molecule has 30 heavy (non-hydrogen) atoms. The van der Waals surface area contributed by atoms with Gasteiger partial charge in [-0.25, -0.2) is 0 Å². The molecule has 1 aromatic carbocycles. The molecular formula is C22H28O8. The molecule has 8 heteroatoms. The number of hydrogen-bond acceptors (Lipinski definition) is 8. The van der Waals surface area contributed by atoms with Gasteiger partial charge in [-0.3, -0.25) is 9.59 Å². The highest BCUT2D eigenvalue weighted by molar-refractivity contribution is 5.71. The number of benzene rings is 1. The molecule has 0 aliphatic heterocycles. The second-order valence-corrected chi connectivity index (χ2v) is 7.12. The lowest BCUT2D eigenvalue weighted by atomic mass is 9.91. The van der Waals surface area contributed by atoms with Crippen molar-refractivity contribution in [2.24, 2.45) is 5.92 Å². The molecule has 0 radical (unpaired) electrons. The lowest BCUT2D eigenvalue weighted by Gasteiger charge is -2.19. The minimum Gasteiger partial charge on any atom is -0.502 e. The number of carbonyl (C=O) groups excluding carboxylic acids is 1. The third-order valence-corrected chi connectivity index (χ3v) is 4.31. The van der Waals surface area contributed by atoms with Crippen molar-refractivity contribution in [1.82, 2.24) is 0 Å². The molecule has 0 saturated carbocycles. The molecule has 0 amide bonds. The van der Waals surface area contributed by atoms with Crippen LogP contribution in [0.5, 0.6) is 17.2 Å². The zero-order valence-corrected chi connectivity index (χ0v) is 17.6. The maximum absolute atomic E-state index is 12.2. The average molecular weight is 420 g/mol. The quantitative estimate of drug-likeness (QED) is 0.564. The number of esters is 1. The van der Waals surface area contributed by atoms with Gasteiger partial charge in [-0.05, 0) is 30.5 Å². The largest absolute Gasteiger partial charge is 0.502 e. The number of methoxy groups -OCH3 is 1. The van der Waals surface area contributed by atoms with E-state index < -0.39 is 29.7 Å².